The molecule has 2 rings (SSSR count). The summed E-state index contributed by atoms with van der Waals surface area (Å²) in [5, 5.41) is 14.6. The number of hydrogen-bond donors (Lipinski definition) is 2. The number of nitrogens with one attached hydrogen (secondary N) is 1. The van der Waals surface area contributed by atoms with Gasteiger partial charge in [-0.2, -0.15) is 0 Å². The summed E-state index contributed by atoms with van der Waals surface area (Å²) in [5.74, 6) is -0.0231. The van der Waals surface area contributed by atoms with Crippen LogP contribution in [0, 0.1) is 5.92 Å². The van der Waals surface area contributed by atoms with Gasteiger partial charge in [0, 0.05) is 11.4 Å². The molecule has 0 amide bonds. The van der Waals surface area contributed by atoms with Gasteiger partial charge in [0.2, 0.25) is 0 Å². The first-order valence-electron chi connectivity index (χ1n) is 5.06. The van der Waals surface area contributed by atoms with Crippen molar-refractivity contribution in [3.63, 3.8) is 0 Å². The van der Waals surface area contributed by atoms with E-state index in [9.17, 15) is 4.79 Å². The van der Waals surface area contributed by atoms with Crippen LogP contribution in [0.5, 0.6) is 0 Å². The van der Waals surface area contributed by atoms with Crippen molar-refractivity contribution in [1.29, 1.82) is 0 Å². The Morgan fingerprint density at radius 1 is 1.73 bits per heavy atom. The monoisotopic (exact) mass is 226 g/mol. The lowest BCUT2D eigenvalue weighted by Gasteiger charge is -2.33. The summed E-state index contributed by atoms with van der Waals surface area (Å²) in [6, 6.07) is 0.531. The minimum atomic E-state index is -0.830. The van der Waals surface area contributed by atoms with Crippen molar-refractivity contribution in [2.75, 3.05) is 5.32 Å². The van der Waals surface area contributed by atoms with E-state index < -0.39 is 5.97 Å². The van der Waals surface area contributed by atoms with Crippen LogP contribution < -0.4 is 5.32 Å². The van der Waals surface area contributed by atoms with Gasteiger partial charge in [0.15, 0.2) is 5.13 Å². The largest absolute Gasteiger partial charge is 0.481 e. The van der Waals surface area contributed by atoms with Crippen LogP contribution in [0.25, 0.3) is 0 Å². The Labute approximate surface area is 92.3 Å². The second-order valence-corrected chi connectivity index (χ2v) is 4.99. The maximum atomic E-state index is 10.5. The SMILES string of the molecule is CC1CC(Nc2nc(CC(=O)O)cs2)C1. The molecule has 1 aliphatic rings. The van der Waals surface area contributed by atoms with E-state index in [0.717, 1.165) is 11.0 Å². The van der Waals surface area contributed by atoms with Crippen molar-refractivity contribution in [1.82, 2.24) is 4.98 Å². The van der Waals surface area contributed by atoms with Crippen molar-refractivity contribution < 1.29 is 9.90 Å². The van der Waals surface area contributed by atoms with Crippen LogP contribution in [0.3, 0.4) is 0 Å². The molecule has 15 heavy (non-hydrogen) atoms. The van der Waals surface area contributed by atoms with E-state index in [1.54, 1.807) is 5.38 Å². The highest BCUT2D eigenvalue weighted by Crippen LogP contribution is 2.30. The molecule has 0 aromatic carbocycles. The zero-order valence-electron chi connectivity index (χ0n) is 8.56. The Kier molecular flexibility index (Phi) is 2.90. The first-order valence-corrected chi connectivity index (χ1v) is 5.94. The molecule has 1 saturated carbocycles. The van der Waals surface area contributed by atoms with E-state index in [4.69, 9.17) is 5.11 Å². The molecule has 1 fully saturated rings. The molecular weight excluding hydrogens is 212 g/mol. The third-order valence-electron chi connectivity index (χ3n) is 2.59. The highest BCUT2D eigenvalue weighted by atomic mass is 32.1. The second-order valence-electron chi connectivity index (χ2n) is 4.13. The molecular formula is C10H14N2O2S. The number of carboxylic acid groups (broad SMARTS) is 1. The molecule has 0 spiro atoms. The summed E-state index contributed by atoms with van der Waals surface area (Å²) >= 11 is 1.48. The highest BCUT2D eigenvalue weighted by Gasteiger charge is 2.25. The average molecular weight is 226 g/mol. The first kappa shape index (κ1) is 10.4. The molecule has 0 saturated heterocycles. The first-order chi connectivity index (χ1) is 7.13. The van der Waals surface area contributed by atoms with E-state index in [0.29, 0.717) is 11.7 Å². The lowest BCUT2D eigenvalue weighted by Crippen LogP contribution is -2.33. The van der Waals surface area contributed by atoms with Gasteiger partial charge < -0.3 is 10.4 Å². The predicted octanol–water partition coefficient (Wildman–Crippen LogP) is 1.98. The fraction of sp³-hybridized carbons (Fsp3) is 0.600. The highest BCUT2D eigenvalue weighted by molar-refractivity contribution is 7.13. The van der Waals surface area contributed by atoms with Gasteiger partial charge in [-0.1, -0.05) is 6.92 Å². The number of rotatable bonds is 4. The fourth-order valence-electron chi connectivity index (χ4n) is 1.80. The maximum absolute atomic E-state index is 10.5. The quantitative estimate of drug-likeness (QED) is 0.824. The lowest BCUT2D eigenvalue weighted by atomic mass is 9.82. The average Bonchev–Trinajstić information content (AvgIpc) is 2.48. The van der Waals surface area contributed by atoms with Crippen molar-refractivity contribution in [3.05, 3.63) is 11.1 Å². The molecule has 1 aromatic rings. The number of nitrogens with zero attached hydrogens (tertiary/aromatic N) is 1. The number of aromatic nitrogens is 1. The van der Waals surface area contributed by atoms with E-state index in [1.807, 2.05) is 0 Å². The van der Waals surface area contributed by atoms with Crippen molar-refractivity contribution in [2.45, 2.75) is 32.2 Å². The van der Waals surface area contributed by atoms with E-state index in [-0.39, 0.29) is 6.42 Å². The van der Waals surface area contributed by atoms with Gasteiger partial charge >= 0.3 is 5.97 Å². The molecule has 1 aliphatic carbocycles. The topological polar surface area (TPSA) is 62.2 Å². The summed E-state index contributed by atoms with van der Waals surface area (Å²) in [6.07, 6.45) is 2.39. The summed E-state index contributed by atoms with van der Waals surface area (Å²) in [4.78, 5) is 14.7. The van der Waals surface area contributed by atoms with Crippen LogP contribution in [0.15, 0.2) is 5.38 Å². The zero-order valence-corrected chi connectivity index (χ0v) is 9.38. The van der Waals surface area contributed by atoms with Crippen LogP contribution in [0.2, 0.25) is 0 Å². The predicted molar refractivity (Wildman–Crippen MR) is 59.3 cm³/mol. The number of aliphatic carboxylic acids is 1. The van der Waals surface area contributed by atoms with Crippen LogP contribution in [-0.4, -0.2) is 22.1 Å². The van der Waals surface area contributed by atoms with Gasteiger partial charge in [0.25, 0.3) is 0 Å². The van der Waals surface area contributed by atoms with Gasteiger partial charge in [-0.15, -0.1) is 11.3 Å². The molecule has 5 heteroatoms. The molecule has 0 atom stereocenters. The standard InChI is InChI=1S/C10H14N2O2S/c1-6-2-7(3-6)11-10-12-8(5-15-10)4-9(13)14/h5-7H,2-4H2,1H3,(H,11,12)(H,13,14). The molecule has 0 aliphatic heterocycles. The molecule has 82 valence electrons. The molecule has 0 bridgehead atoms. The number of carboxylic acids is 1. The van der Waals surface area contributed by atoms with Crippen molar-refractivity contribution in [3.8, 4) is 0 Å². The third kappa shape index (κ3) is 2.68. The lowest BCUT2D eigenvalue weighted by molar-refractivity contribution is -0.136. The third-order valence-corrected chi connectivity index (χ3v) is 3.41. The van der Waals surface area contributed by atoms with Crippen LogP contribution in [0.4, 0.5) is 5.13 Å². The van der Waals surface area contributed by atoms with Gasteiger partial charge in [-0.05, 0) is 18.8 Å². The minimum absolute atomic E-state index is 0.0131. The number of thiazole rings is 1. The van der Waals surface area contributed by atoms with Gasteiger partial charge in [0.1, 0.15) is 0 Å². The van der Waals surface area contributed by atoms with Crippen LogP contribution in [-0.2, 0) is 11.2 Å². The van der Waals surface area contributed by atoms with Gasteiger partial charge in [-0.25, -0.2) is 4.98 Å². The van der Waals surface area contributed by atoms with E-state index in [2.05, 4.69) is 17.2 Å². The minimum Gasteiger partial charge on any atom is -0.481 e. The summed E-state index contributed by atoms with van der Waals surface area (Å²) < 4.78 is 0. The van der Waals surface area contributed by atoms with Crippen LogP contribution in [0.1, 0.15) is 25.5 Å². The van der Waals surface area contributed by atoms with Crippen molar-refractivity contribution in [2.24, 2.45) is 5.92 Å². The Hall–Kier alpha value is -1.10. The van der Waals surface area contributed by atoms with Crippen LogP contribution >= 0.6 is 11.3 Å². The Bertz CT molecular complexity index is 358. The summed E-state index contributed by atoms with van der Waals surface area (Å²) in [7, 11) is 0. The Morgan fingerprint density at radius 2 is 2.47 bits per heavy atom. The molecule has 2 N–H and O–H groups in total. The molecule has 4 nitrogen and oxygen atoms in total. The zero-order chi connectivity index (χ0) is 10.8. The fourth-order valence-corrected chi connectivity index (χ4v) is 2.59. The normalized spacial score (nSPS) is 24.6. The molecule has 1 heterocycles. The number of anilines is 1. The summed E-state index contributed by atoms with van der Waals surface area (Å²) in [5.41, 5.74) is 0.641. The van der Waals surface area contributed by atoms with Gasteiger partial charge in [0.05, 0.1) is 12.1 Å². The van der Waals surface area contributed by atoms with Gasteiger partial charge in [-0.3, -0.25) is 4.79 Å². The smallest absolute Gasteiger partial charge is 0.309 e. The number of carbonyl (C=O) groups is 1. The maximum Gasteiger partial charge on any atom is 0.309 e. The Balaban J connectivity index is 1.87. The second kappa shape index (κ2) is 4.18. The van der Waals surface area contributed by atoms with E-state index >= 15 is 0 Å². The molecule has 1 aromatic heterocycles. The van der Waals surface area contributed by atoms with Crippen molar-refractivity contribution >= 4 is 22.4 Å². The summed E-state index contributed by atoms with van der Waals surface area (Å²) in [6.45, 7) is 2.23. The number of hydrogen-bond acceptors (Lipinski definition) is 4. The Morgan fingerprint density at radius 3 is 3.07 bits per heavy atom. The molecule has 0 radical (unpaired) electrons. The molecule has 0 unspecified atom stereocenters. The van der Waals surface area contributed by atoms with E-state index in [1.165, 1.54) is 24.2 Å².